The first-order chi connectivity index (χ1) is 9.63. The Labute approximate surface area is 124 Å². The van der Waals surface area contributed by atoms with E-state index >= 15 is 0 Å². The molecule has 0 spiro atoms. The molecule has 0 aromatic heterocycles. The van der Waals surface area contributed by atoms with Crippen molar-refractivity contribution in [3.8, 4) is 0 Å². The van der Waals surface area contributed by atoms with Gasteiger partial charge < -0.3 is 10.2 Å². The Morgan fingerprint density at radius 2 is 1.75 bits per heavy atom. The van der Waals surface area contributed by atoms with Crippen molar-refractivity contribution in [3.63, 3.8) is 0 Å². The van der Waals surface area contributed by atoms with E-state index in [2.05, 4.69) is 62.3 Å². The fraction of sp³-hybridized carbons (Fsp3) is 0.667. The van der Waals surface area contributed by atoms with E-state index in [1.54, 1.807) is 0 Å². The van der Waals surface area contributed by atoms with Gasteiger partial charge in [0, 0.05) is 19.1 Å². The van der Waals surface area contributed by atoms with Crippen LogP contribution in [0.4, 0.5) is 0 Å². The predicted octanol–water partition coefficient (Wildman–Crippen LogP) is 3.80. The van der Waals surface area contributed by atoms with Crippen LogP contribution in [0.5, 0.6) is 0 Å². The van der Waals surface area contributed by atoms with E-state index in [0.717, 1.165) is 19.0 Å². The third kappa shape index (κ3) is 4.32. The highest BCUT2D eigenvalue weighted by Crippen LogP contribution is 2.30. The molecule has 1 aliphatic carbocycles. The SMILES string of the molecule is CCN(CC1CC1)CC(NC)c1ccc(C(C)C)cc1. The van der Waals surface area contributed by atoms with Gasteiger partial charge >= 0.3 is 0 Å². The van der Waals surface area contributed by atoms with Crippen LogP contribution in [0, 0.1) is 5.92 Å². The van der Waals surface area contributed by atoms with Crippen LogP contribution in [-0.4, -0.2) is 31.6 Å². The van der Waals surface area contributed by atoms with Gasteiger partial charge in [0.05, 0.1) is 0 Å². The number of nitrogens with zero attached hydrogens (tertiary/aromatic N) is 1. The highest BCUT2D eigenvalue weighted by Gasteiger charge is 2.25. The molecule has 1 N–H and O–H groups in total. The van der Waals surface area contributed by atoms with E-state index in [4.69, 9.17) is 0 Å². The lowest BCUT2D eigenvalue weighted by atomic mass is 9.99. The second kappa shape index (κ2) is 7.24. The van der Waals surface area contributed by atoms with Crippen LogP contribution in [-0.2, 0) is 0 Å². The summed E-state index contributed by atoms with van der Waals surface area (Å²) in [6.07, 6.45) is 2.87. The highest BCUT2D eigenvalue weighted by atomic mass is 15.1. The van der Waals surface area contributed by atoms with Gasteiger partial charge in [0.1, 0.15) is 0 Å². The Bertz CT molecular complexity index is 392. The largest absolute Gasteiger partial charge is 0.312 e. The smallest absolute Gasteiger partial charge is 0.0446 e. The zero-order chi connectivity index (χ0) is 14.5. The Kier molecular flexibility index (Phi) is 5.62. The lowest BCUT2D eigenvalue weighted by molar-refractivity contribution is 0.248. The van der Waals surface area contributed by atoms with Crippen molar-refractivity contribution in [3.05, 3.63) is 35.4 Å². The summed E-state index contributed by atoms with van der Waals surface area (Å²) in [7, 11) is 2.08. The van der Waals surface area contributed by atoms with Gasteiger partial charge in [0.25, 0.3) is 0 Å². The molecule has 1 saturated carbocycles. The zero-order valence-corrected chi connectivity index (χ0v) is 13.5. The molecule has 0 radical (unpaired) electrons. The Balaban J connectivity index is 1.98. The van der Waals surface area contributed by atoms with Crippen molar-refractivity contribution >= 4 is 0 Å². The molecule has 20 heavy (non-hydrogen) atoms. The zero-order valence-electron chi connectivity index (χ0n) is 13.5. The molecular weight excluding hydrogens is 244 g/mol. The minimum absolute atomic E-state index is 0.440. The number of likely N-dealkylation sites (N-methyl/N-ethyl adjacent to an activating group) is 2. The molecule has 2 heteroatoms. The van der Waals surface area contributed by atoms with E-state index in [0.29, 0.717) is 12.0 Å². The van der Waals surface area contributed by atoms with Gasteiger partial charge in [-0.15, -0.1) is 0 Å². The maximum absolute atomic E-state index is 3.48. The molecule has 0 saturated heterocycles. The van der Waals surface area contributed by atoms with Gasteiger partial charge in [-0.2, -0.15) is 0 Å². The van der Waals surface area contributed by atoms with Crippen molar-refractivity contribution in [2.24, 2.45) is 5.92 Å². The summed E-state index contributed by atoms with van der Waals surface area (Å²) in [5.41, 5.74) is 2.83. The van der Waals surface area contributed by atoms with Crippen LogP contribution in [0.2, 0.25) is 0 Å². The van der Waals surface area contributed by atoms with Crippen LogP contribution in [0.25, 0.3) is 0 Å². The third-order valence-electron chi connectivity index (χ3n) is 4.46. The maximum atomic E-state index is 3.48. The predicted molar refractivity (Wildman–Crippen MR) is 87.2 cm³/mol. The van der Waals surface area contributed by atoms with Gasteiger partial charge in [0.2, 0.25) is 0 Å². The summed E-state index contributed by atoms with van der Waals surface area (Å²) in [6, 6.07) is 9.58. The molecule has 0 bridgehead atoms. The van der Waals surface area contributed by atoms with E-state index < -0.39 is 0 Å². The molecule has 0 heterocycles. The normalized spacial score (nSPS) is 16.9. The molecule has 2 nitrogen and oxygen atoms in total. The van der Waals surface area contributed by atoms with Gasteiger partial charge in [-0.05, 0) is 49.4 Å². The summed E-state index contributed by atoms with van der Waals surface area (Å²) in [6.45, 7) is 10.3. The summed E-state index contributed by atoms with van der Waals surface area (Å²) >= 11 is 0. The Morgan fingerprint density at radius 3 is 2.20 bits per heavy atom. The van der Waals surface area contributed by atoms with E-state index in [-0.39, 0.29) is 0 Å². The van der Waals surface area contributed by atoms with Gasteiger partial charge in [-0.3, -0.25) is 0 Å². The number of hydrogen-bond acceptors (Lipinski definition) is 2. The van der Waals surface area contributed by atoms with Gasteiger partial charge in [0.15, 0.2) is 0 Å². The first-order valence-electron chi connectivity index (χ1n) is 8.13. The van der Waals surface area contributed by atoms with Crippen molar-refractivity contribution < 1.29 is 0 Å². The Morgan fingerprint density at radius 1 is 1.15 bits per heavy atom. The molecule has 0 aliphatic heterocycles. The molecule has 1 unspecified atom stereocenters. The summed E-state index contributed by atoms with van der Waals surface area (Å²) in [5.74, 6) is 1.58. The molecular formula is C18H30N2. The number of nitrogens with one attached hydrogen (secondary N) is 1. The fourth-order valence-corrected chi connectivity index (χ4v) is 2.73. The number of benzene rings is 1. The number of rotatable bonds is 8. The van der Waals surface area contributed by atoms with Crippen LogP contribution >= 0.6 is 0 Å². The standard InChI is InChI=1S/C18H30N2/c1-5-20(12-15-6-7-15)13-18(19-4)17-10-8-16(9-11-17)14(2)3/h8-11,14-15,18-19H,5-7,12-13H2,1-4H3. The van der Waals surface area contributed by atoms with Gasteiger partial charge in [-0.1, -0.05) is 45.0 Å². The van der Waals surface area contributed by atoms with E-state index in [9.17, 15) is 0 Å². The molecule has 1 fully saturated rings. The van der Waals surface area contributed by atoms with E-state index in [1.807, 2.05) is 0 Å². The molecule has 112 valence electrons. The third-order valence-corrected chi connectivity index (χ3v) is 4.46. The first kappa shape index (κ1) is 15.5. The lowest BCUT2D eigenvalue weighted by Gasteiger charge is -2.26. The van der Waals surface area contributed by atoms with Crippen molar-refractivity contribution in [1.82, 2.24) is 10.2 Å². The second-order valence-electron chi connectivity index (χ2n) is 6.46. The van der Waals surface area contributed by atoms with Crippen molar-refractivity contribution in [1.29, 1.82) is 0 Å². The summed E-state index contributed by atoms with van der Waals surface area (Å²) in [5, 5.41) is 3.48. The molecule has 2 rings (SSSR count). The molecule has 1 aliphatic rings. The summed E-state index contributed by atoms with van der Waals surface area (Å²) < 4.78 is 0. The topological polar surface area (TPSA) is 15.3 Å². The van der Waals surface area contributed by atoms with Crippen molar-refractivity contribution in [2.75, 3.05) is 26.7 Å². The summed E-state index contributed by atoms with van der Waals surface area (Å²) in [4.78, 5) is 2.59. The monoisotopic (exact) mass is 274 g/mol. The quantitative estimate of drug-likeness (QED) is 0.775. The van der Waals surface area contributed by atoms with Crippen LogP contribution in [0.1, 0.15) is 56.7 Å². The van der Waals surface area contributed by atoms with Gasteiger partial charge in [-0.25, -0.2) is 0 Å². The highest BCUT2D eigenvalue weighted by molar-refractivity contribution is 5.27. The average Bonchev–Trinajstić information content (AvgIpc) is 3.27. The maximum Gasteiger partial charge on any atom is 0.0446 e. The minimum atomic E-state index is 0.440. The minimum Gasteiger partial charge on any atom is -0.312 e. The molecule has 1 atom stereocenters. The van der Waals surface area contributed by atoms with Crippen LogP contribution < -0.4 is 5.32 Å². The Hall–Kier alpha value is -0.860. The fourth-order valence-electron chi connectivity index (χ4n) is 2.73. The first-order valence-corrected chi connectivity index (χ1v) is 8.13. The second-order valence-corrected chi connectivity index (χ2v) is 6.46. The molecule has 0 amide bonds. The average molecular weight is 274 g/mol. The number of hydrogen-bond donors (Lipinski definition) is 1. The molecule has 1 aromatic carbocycles. The van der Waals surface area contributed by atoms with Crippen molar-refractivity contribution in [2.45, 2.75) is 45.6 Å². The van der Waals surface area contributed by atoms with Crippen LogP contribution in [0.3, 0.4) is 0 Å². The van der Waals surface area contributed by atoms with Crippen LogP contribution in [0.15, 0.2) is 24.3 Å². The van der Waals surface area contributed by atoms with E-state index in [1.165, 1.54) is 30.5 Å². The lowest BCUT2D eigenvalue weighted by Crippen LogP contribution is -2.35. The molecule has 1 aromatic rings.